The van der Waals surface area contributed by atoms with Crippen LogP contribution >= 0.6 is 12.4 Å². The SMILES string of the molecule is CCCN(CCOCC(F)F)C1CCNC1.Cl. The Morgan fingerprint density at radius 2 is 2.18 bits per heavy atom. The number of hydrogen-bond acceptors (Lipinski definition) is 3. The lowest BCUT2D eigenvalue weighted by Gasteiger charge is -2.27. The molecule has 0 bridgehead atoms. The zero-order valence-electron chi connectivity index (χ0n) is 10.3. The third kappa shape index (κ3) is 7.13. The van der Waals surface area contributed by atoms with Gasteiger partial charge in [0.15, 0.2) is 0 Å². The van der Waals surface area contributed by atoms with Gasteiger partial charge in [0.05, 0.1) is 6.61 Å². The molecule has 1 heterocycles. The van der Waals surface area contributed by atoms with E-state index in [0.29, 0.717) is 12.6 Å². The molecule has 0 saturated carbocycles. The average molecular weight is 273 g/mol. The quantitative estimate of drug-likeness (QED) is 0.682. The second-order valence-electron chi connectivity index (χ2n) is 4.15. The molecule has 1 saturated heterocycles. The molecule has 1 unspecified atom stereocenters. The first kappa shape index (κ1) is 17.0. The summed E-state index contributed by atoms with van der Waals surface area (Å²) in [4.78, 5) is 2.34. The van der Waals surface area contributed by atoms with Gasteiger partial charge in [0, 0.05) is 19.1 Å². The number of hydrogen-bond donors (Lipinski definition) is 1. The van der Waals surface area contributed by atoms with Gasteiger partial charge in [-0.1, -0.05) is 6.92 Å². The summed E-state index contributed by atoms with van der Waals surface area (Å²) in [5.41, 5.74) is 0. The molecule has 0 aromatic carbocycles. The predicted molar refractivity (Wildman–Crippen MR) is 67.2 cm³/mol. The lowest BCUT2D eigenvalue weighted by molar-refractivity contribution is 0.00658. The monoisotopic (exact) mass is 272 g/mol. The van der Waals surface area contributed by atoms with Gasteiger partial charge in [0.25, 0.3) is 6.43 Å². The maximum atomic E-state index is 11.9. The van der Waals surface area contributed by atoms with Crippen molar-refractivity contribution in [2.45, 2.75) is 32.2 Å². The first-order valence-corrected chi connectivity index (χ1v) is 6.04. The Labute approximate surface area is 108 Å². The van der Waals surface area contributed by atoms with Crippen molar-refractivity contribution in [3.63, 3.8) is 0 Å². The normalized spacial score (nSPS) is 19.9. The Morgan fingerprint density at radius 1 is 1.41 bits per heavy atom. The molecule has 17 heavy (non-hydrogen) atoms. The Balaban J connectivity index is 0.00000256. The minimum absolute atomic E-state index is 0. The third-order valence-electron chi connectivity index (χ3n) is 2.83. The molecule has 1 N–H and O–H groups in total. The smallest absolute Gasteiger partial charge is 0.261 e. The van der Waals surface area contributed by atoms with Crippen molar-refractivity contribution in [3.05, 3.63) is 0 Å². The van der Waals surface area contributed by atoms with Gasteiger partial charge in [0.1, 0.15) is 6.61 Å². The van der Waals surface area contributed by atoms with Crippen molar-refractivity contribution < 1.29 is 13.5 Å². The van der Waals surface area contributed by atoms with E-state index in [1.807, 2.05) is 0 Å². The molecule has 1 rings (SSSR count). The highest BCUT2D eigenvalue weighted by Gasteiger charge is 2.21. The fourth-order valence-corrected chi connectivity index (χ4v) is 2.07. The van der Waals surface area contributed by atoms with Gasteiger partial charge in [-0.2, -0.15) is 0 Å². The molecule has 1 atom stereocenters. The van der Waals surface area contributed by atoms with Crippen LogP contribution in [-0.2, 0) is 4.74 Å². The number of nitrogens with zero attached hydrogens (tertiary/aromatic N) is 1. The molecule has 1 aliphatic rings. The average Bonchev–Trinajstić information content (AvgIpc) is 2.75. The highest BCUT2D eigenvalue weighted by atomic mass is 35.5. The van der Waals surface area contributed by atoms with Crippen LogP contribution in [0.1, 0.15) is 19.8 Å². The van der Waals surface area contributed by atoms with Gasteiger partial charge in [-0.15, -0.1) is 12.4 Å². The standard InChI is InChI=1S/C11H22F2N2O.ClH/c1-2-5-15(10-3-4-14-8-10)6-7-16-9-11(12)13;/h10-11,14H,2-9H2,1H3;1H. The van der Waals surface area contributed by atoms with Gasteiger partial charge in [-0.25, -0.2) is 8.78 Å². The van der Waals surface area contributed by atoms with Crippen LogP contribution in [-0.4, -0.2) is 56.8 Å². The van der Waals surface area contributed by atoms with Crippen LogP contribution in [0.3, 0.4) is 0 Å². The van der Waals surface area contributed by atoms with Crippen LogP contribution in [0.4, 0.5) is 8.78 Å². The van der Waals surface area contributed by atoms with Crippen LogP contribution in [0, 0.1) is 0 Å². The largest absolute Gasteiger partial charge is 0.374 e. The Kier molecular flexibility index (Phi) is 10.0. The van der Waals surface area contributed by atoms with Crippen molar-refractivity contribution in [2.24, 2.45) is 0 Å². The van der Waals surface area contributed by atoms with E-state index in [2.05, 4.69) is 17.1 Å². The number of halogens is 3. The summed E-state index contributed by atoms with van der Waals surface area (Å²) in [5.74, 6) is 0. The molecule has 1 fully saturated rings. The van der Waals surface area contributed by atoms with Gasteiger partial charge < -0.3 is 10.1 Å². The summed E-state index contributed by atoms with van der Waals surface area (Å²) in [6.45, 7) is 5.94. The van der Waals surface area contributed by atoms with Crippen LogP contribution in [0.25, 0.3) is 0 Å². The Hall–Kier alpha value is 0.0300. The van der Waals surface area contributed by atoms with Crippen molar-refractivity contribution in [2.75, 3.05) is 39.4 Å². The van der Waals surface area contributed by atoms with Crippen molar-refractivity contribution in [1.29, 1.82) is 0 Å². The molecule has 0 radical (unpaired) electrons. The van der Waals surface area contributed by atoms with Gasteiger partial charge in [-0.05, 0) is 25.9 Å². The highest BCUT2D eigenvalue weighted by Crippen LogP contribution is 2.08. The summed E-state index contributed by atoms with van der Waals surface area (Å²) >= 11 is 0. The van der Waals surface area contributed by atoms with E-state index >= 15 is 0 Å². The lowest BCUT2D eigenvalue weighted by atomic mass is 10.2. The second-order valence-corrected chi connectivity index (χ2v) is 4.15. The zero-order chi connectivity index (χ0) is 11.8. The topological polar surface area (TPSA) is 24.5 Å². The van der Waals surface area contributed by atoms with Crippen LogP contribution in [0.5, 0.6) is 0 Å². The Morgan fingerprint density at radius 3 is 2.71 bits per heavy atom. The molecule has 0 spiro atoms. The fraction of sp³-hybridized carbons (Fsp3) is 1.00. The number of rotatable bonds is 8. The molecule has 6 heteroatoms. The second kappa shape index (κ2) is 10.00. The number of ether oxygens (including phenoxy) is 1. The van der Waals surface area contributed by atoms with Crippen LogP contribution in [0.15, 0.2) is 0 Å². The summed E-state index contributed by atoms with van der Waals surface area (Å²) < 4.78 is 28.6. The van der Waals surface area contributed by atoms with E-state index < -0.39 is 13.0 Å². The zero-order valence-corrected chi connectivity index (χ0v) is 11.1. The van der Waals surface area contributed by atoms with E-state index in [1.54, 1.807) is 0 Å². The van der Waals surface area contributed by atoms with Crippen LogP contribution < -0.4 is 5.32 Å². The summed E-state index contributed by atoms with van der Waals surface area (Å²) in [5, 5.41) is 3.32. The van der Waals surface area contributed by atoms with Crippen LogP contribution in [0.2, 0.25) is 0 Å². The summed E-state index contributed by atoms with van der Waals surface area (Å²) in [6.07, 6.45) is -0.118. The lowest BCUT2D eigenvalue weighted by Crippen LogP contribution is -2.39. The maximum absolute atomic E-state index is 11.9. The van der Waals surface area contributed by atoms with Crippen molar-refractivity contribution in [3.8, 4) is 0 Å². The Bertz CT molecular complexity index is 181. The maximum Gasteiger partial charge on any atom is 0.261 e. The van der Waals surface area contributed by atoms with Gasteiger partial charge in [-0.3, -0.25) is 4.90 Å². The highest BCUT2D eigenvalue weighted by molar-refractivity contribution is 5.85. The third-order valence-corrected chi connectivity index (χ3v) is 2.83. The predicted octanol–water partition coefficient (Wildman–Crippen LogP) is 1.76. The van der Waals surface area contributed by atoms with Crippen molar-refractivity contribution in [1.82, 2.24) is 10.2 Å². The first-order chi connectivity index (χ1) is 7.74. The molecular weight excluding hydrogens is 250 g/mol. The van der Waals surface area contributed by atoms with E-state index in [-0.39, 0.29) is 12.4 Å². The minimum Gasteiger partial charge on any atom is -0.374 e. The molecule has 0 aliphatic carbocycles. The van der Waals surface area contributed by atoms with E-state index in [4.69, 9.17) is 4.74 Å². The van der Waals surface area contributed by atoms with Gasteiger partial charge >= 0.3 is 0 Å². The number of alkyl halides is 2. The molecule has 0 aromatic rings. The van der Waals surface area contributed by atoms with E-state index in [0.717, 1.165) is 39.0 Å². The molecule has 104 valence electrons. The summed E-state index contributed by atoms with van der Waals surface area (Å²) in [7, 11) is 0. The summed E-state index contributed by atoms with van der Waals surface area (Å²) in [6, 6.07) is 0.551. The van der Waals surface area contributed by atoms with Gasteiger partial charge in [0.2, 0.25) is 0 Å². The van der Waals surface area contributed by atoms with E-state index in [1.165, 1.54) is 0 Å². The first-order valence-electron chi connectivity index (χ1n) is 6.04. The molecule has 1 aliphatic heterocycles. The minimum atomic E-state index is -2.35. The van der Waals surface area contributed by atoms with E-state index in [9.17, 15) is 8.78 Å². The molecule has 3 nitrogen and oxygen atoms in total. The molecular formula is C11H23ClF2N2O. The number of nitrogens with one attached hydrogen (secondary N) is 1. The van der Waals surface area contributed by atoms with Crippen molar-refractivity contribution >= 4 is 12.4 Å². The fourth-order valence-electron chi connectivity index (χ4n) is 2.07. The molecule has 0 aromatic heterocycles. The molecule has 0 amide bonds.